The Morgan fingerprint density at radius 3 is 2.87 bits per heavy atom. The summed E-state index contributed by atoms with van der Waals surface area (Å²) in [5, 5.41) is 3.92. The Kier molecular flexibility index (Phi) is 4.50. The summed E-state index contributed by atoms with van der Waals surface area (Å²) < 4.78 is 5.12. The van der Waals surface area contributed by atoms with E-state index in [1.165, 1.54) is 0 Å². The van der Waals surface area contributed by atoms with Gasteiger partial charge in [0.05, 0.1) is 17.8 Å². The summed E-state index contributed by atoms with van der Waals surface area (Å²) in [7, 11) is 1.64. The van der Waals surface area contributed by atoms with Gasteiger partial charge in [-0.05, 0) is 18.6 Å². The summed E-state index contributed by atoms with van der Waals surface area (Å²) in [6, 6.07) is 5.53. The van der Waals surface area contributed by atoms with Crippen molar-refractivity contribution in [3.63, 3.8) is 0 Å². The normalized spacial score (nSPS) is 9.80. The number of hydrogen-bond acceptors (Lipinski definition) is 2. The van der Waals surface area contributed by atoms with E-state index in [2.05, 4.69) is 18.8 Å². The van der Waals surface area contributed by atoms with E-state index in [9.17, 15) is 0 Å². The molecule has 0 saturated carbocycles. The van der Waals surface area contributed by atoms with Crippen LogP contribution in [0.4, 0.5) is 5.69 Å². The largest absolute Gasteiger partial charge is 0.497 e. The second-order valence-corrected chi connectivity index (χ2v) is 3.71. The summed E-state index contributed by atoms with van der Waals surface area (Å²) in [4.78, 5) is 0. The molecule has 0 heterocycles. The van der Waals surface area contributed by atoms with Crippen molar-refractivity contribution in [1.29, 1.82) is 0 Å². The Labute approximate surface area is 95.9 Å². The molecule has 15 heavy (non-hydrogen) atoms. The topological polar surface area (TPSA) is 21.3 Å². The molecule has 0 spiro atoms. The van der Waals surface area contributed by atoms with Gasteiger partial charge in [-0.1, -0.05) is 30.7 Å². The standard InChI is InChI=1S/C12H16ClNO/c1-4-9(2)8-14-12-7-10(15-3)5-6-11(12)13/h5-7,14H,2,4,8H2,1,3H3. The molecule has 0 saturated heterocycles. The molecule has 0 aliphatic rings. The summed E-state index contributed by atoms with van der Waals surface area (Å²) in [5.74, 6) is 0.795. The molecule has 0 bridgehead atoms. The number of halogens is 1. The summed E-state index contributed by atoms with van der Waals surface area (Å²) in [6.45, 7) is 6.74. The van der Waals surface area contributed by atoms with Crippen LogP contribution in [0.1, 0.15) is 13.3 Å². The summed E-state index contributed by atoms with van der Waals surface area (Å²) in [6.07, 6.45) is 0.967. The molecule has 1 N–H and O–H groups in total. The van der Waals surface area contributed by atoms with Crippen LogP contribution in [-0.2, 0) is 0 Å². The van der Waals surface area contributed by atoms with E-state index in [1.807, 2.05) is 18.2 Å². The van der Waals surface area contributed by atoms with Crippen LogP contribution in [0, 0.1) is 0 Å². The lowest BCUT2D eigenvalue weighted by molar-refractivity contribution is 0.415. The van der Waals surface area contributed by atoms with Gasteiger partial charge in [-0.25, -0.2) is 0 Å². The minimum Gasteiger partial charge on any atom is -0.497 e. The number of ether oxygens (including phenoxy) is 1. The highest BCUT2D eigenvalue weighted by molar-refractivity contribution is 6.33. The van der Waals surface area contributed by atoms with E-state index in [1.54, 1.807) is 7.11 Å². The van der Waals surface area contributed by atoms with E-state index in [0.717, 1.165) is 30.0 Å². The van der Waals surface area contributed by atoms with Crippen molar-refractivity contribution in [2.24, 2.45) is 0 Å². The second-order valence-electron chi connectivity index (χ2n) is 3.30. The smallest absolute Gasteiger partial charge is 0.121 e. The molecule has 0 aliphatic heterocycles. The lowest BCUT2D eigenvalue weighted by Crippen LogP contribution is -2.03. The summed E-state index contributed by atoms with van der Waals surface area (Å²) in [5.41, 5.74) is 2.03. The van der Waals surface area contributed by atoms with Crippen molar-refractivity contribution in [1.82, 2.24) is 0 Å². The second kappa shape index (κ2) is 5.66. The Morgan fingerprint density at radius 1 is 1.53 bits per heavy atom. The van der Waals surface area contributed by atoms with Crippen LogP contribution < -0.4 is 10.1 Å². The zero-order valence-corrected chi connectivity index (χ0v) is 9.90. The van der Waals surface area contributed by atoms with Crippen LogP contribution in [0.5, 0.6) is 5.75 Å². The Balaban J connectivity index is 2.70. The molecule has 0 aliphatic carbocycles. The van der Waals surface area contributed by atoms with Gasteiger partial charge >= 0.3 is 0 Å². The first-order valence-electron chi connectivity index (χ1n) is 4.91. The lowest BCUT2D eigenvalue weighted by atomic mass is 10.2. The van der Waals surface area contributed by atoms with Crippen molar-refractivity contribution >= 4 is 17.3 Å². The number of benzene rings is 1. The molecule has 1 rings (SSSR count). The van der Waals surface area contributed by atoms with E-state index < -0.39 is 0 Å². The molecule has 82 valence electrons. The zero-order valence-electron chi connectivity index (χ0n) is 9.14. The Hall–Kier alpha value is -1.15. The highest BCUT2D eigenvalue weighted by Gasteiger charge is 2.01. The first kappa shape index (κ1) is 11.9. The van der Waals surface area contributed by atoms with Gasteiger partial charge in [-0.3, -0.25) is 0 Å². The van der Waals surface area contributed by atoms with Crippen molar-refractivity contribution in [3.8, 4) is 5.75 Å². The molecule has 0 amide bonds. The van der Waals surface area contributed by atoms with E-state index in [0.29, 0.717) is 5.02 Å². The highest BCUT2D eigenvalue weighted by Crippen LogP contribution is 2.26. The minimum absolute atomic E-state index is 0.694. The first-order valence-corrected chi connectivity index (χ1v) is 5.29. The molecule has 0 unspecified atom stereocenters. The van der Waals surface area contributed by atoms with Crippen molar-refractivity contribution in [2.45, 2.75) is 13.3 Å². The maximum Gasteiger partial charge on any atom is 0.121 e. The fourth-order valence-electron chi connectivity index (χ4n) is 1.11. The van der Waals surface area contributed by atoms with Crippen LogP contribution in [0.3, 0.4) is 0 Å². The maximum absolute atomic E-state index is 6.03. The monoisotopic (exact) mass is 225 g/mol. The number of methoxy groups -OCH3 is 1. The molecular weight excluding hydrogens is 210 g/mol. The fraction of sp³-hybridized carbons (Fsp3) is 0.333. The predicted octanol–water partition coefficient (Wildman–Crippen LogP) is 3.73. The third-order valence-electron chi connectivity index (χ3n) is 2.20. The third kappa shape index (κ3) is 3.48. The first-order chi connectivity index (χ1) is 7.17. The highest BCUT2D eigenvalue weighted by atomic mass is 35.5. The van der Waals surface area contributed by atoms with Crippen molar-refractivity contribution in [3.05, 3.63) is 35.4 Å². The number of nitrogens with one attached hydrogen (secondary N) is 1. The van der Waals surface area contributed by atoms with Gasteiger partial charge in [-0.15, -0.1) is 0 Å². The van der Waals surface area contributed by atoms with Crippen LogP contribution >= 0.6 is 11.6 Å². The van der Waals surface area contributed by atoms with Gasteiger partial charge in [0, 0.05) is 12.6 Å². The molecule has 0 aromatic heterocycles. The molecule has 0 atom stereocenters. The molecule has 3 heteroatoms. The minimum atomic E-state index is 0.694. The van der Waals surface area contributed by atoms with Crippen LogP contribution in [0.2, 0.25) is 5.02 Å². The SMILES string of the molecule is C=C(CC)CNc1cc(OC)ccc1Cl. The van der Waals surface area contributed by atoms with Crippen LogP contribution in [0.15, 0.2) is 30.4 Å². The predicted molar refractivity (Wildman–Crippen MR) is 65.9 cm³/mol. The Morgan fingerprint density at radius 2 is 2.27 bits per heavy atom. The van der Waals surface area contributed by atoms with Gasteiger partial charge in [0.2, 0.25) is 0 Å². The molecule has 0 fully saturated rings. The quantitative estimate of drug-likeness (QED) is 0.772. The average molecular weight is 226 g/mol. The third-order valence-corrected chi connectivity index (χ3v) is 2.53. The number of hydrogen-bond donors (Lipinski definition) is 1. The molecule has 1 aromatic rings. The maximum atomic E-state index is 6.03. The zero-order chi connectivity index (χ0) is 11.3. The van der Waals surface area contributed by atoms with Gasteiger partial charge in [0.15, 0.2) is 0 Å². The van der Waals surface area contributed by atoms with E-state index in [4.69, 9.17) is 16.3 Å². The fourth-order valence-corrected chi connectivity index (χ4v) is 1.30. The van der Waals surface area contributed by atoms with E-state index in [-0.39, 0.29) is 0 Å². The average Bonchev–Trinajstić information content (AvgIpc) is 2.27. The van der Waals surface area contributed by atoms with Gasteiger partial charge in [-0.2, -0.15) is 0 Å². The van der Waals surface area contributed by atoms with Gasteiger partial charge < -0.3 is 10.1 Å². The number of rotatable bonds is 5. The van der Waals surface area contributed by atoms with E-state index >= 15 is 0 Å². The lowest BCUT2D eigenvalue weighted by Gasteiger charge is -2.10. The van der Waals surface area contributed by atoms with Gasteiger partial charge in [0.25, 0.3) is 0 Å². The Bertz CT molecular complexity index is 349. The van der Waals surface area contributed by atoms with Crippen molar-refractivity contribution in [2.75, 3.05) is 19.0 Å². The van der Waals surface area contributed by atoms with Crippen LogP contribution in [0.25, 0.3) is 0 Å². The molecular formula is C12H16ClNO. The molecule has 2 nitrogen and oxygen atoms in total. The van der Waals surface area contributed by atoms with Crippen LogP contribution in [-0.4, -0.2) is 13.7 Å². The summed E-state index contributed by atoms with van der Waals surface area (Å²) >= 11 is 6.03. The molecule has 0 radical (unpaired) electrons. The molecule has 1 aromatic carbocycles. The van der Waals surface area contributed by atoms with Gasteiger partial charge in [0.1, 0.15) is 5.75 Å². The number of anilines is 1. The van der Waals surface area contributed by atoms with Crippen molar-refractivity contribution < 1.29 is 4.74 Å².